The van der Waals surface area contributed by atoms with E-state index in [0.717, 1.165) is 5.56 Å². The molecule has 46 heavy (non-hydrogen) atoms. The van der Waals surface area contributed by atoms with Gasteiger partial charge in [-0.3, -0.25) is 4.90 Å². The van der Waals surface area contributed by atoms with E-state index >= 15 is 0 Å². The molecule has 3 rings (SSSR count). The number of methoxy groups -OCH3 is 2. The van der Waals surface area contributed by atoms with E-state index < -0.39 is 51.2 Å². The molecule has 1 amide bonds. The zero-order valence-corrected chi connectivity index (χ0v) is 29.8. The molecule has 12 heteroatoms. The fourth-order valence-corrected chi connectivity index (χ4v) is 7.03. The number of amides is 1. The lowest BCUT2D eigenvalue weighted by molar-refractivity contribution is -0.156. The van der Waals surface area contributed by atoms with Gasteiger partial charge in [0.05, 0.1) is 31.3 Å². The van der Waals surface area contributed by atoms with E-state index in [1.54, 1.807) is 77.6 Å². The van der Waals surface area contributed by atoms with Gasteiger partial charge in [0.1, 0.15) is 22.8 Å². The van der Waals surface area contributed by atoms with Crippen LogP contribution in [0.1, 0.15) is 67.9 Å². The molecule has 2 aromatic carbocycles. The highest BCUT2D eigenvalue weighted by Gasteiger charge is 2.52. The van der Waals surface area contributed by atoms with E-state index in [-0.39, 0.29) is 23.9 Å². The Bertz CT molecular complexity index is 1450. The molecule has 0 spiro atoms. The van der Waals surface area contributed by atoms with Gasteiger partial charge < -0.3 is 23.7 Å². The Hall–Kier alpha value is -3.35. The highest BCUT2D eigenvalue weighted by Crippen LogP contribution is 2.37. The van der Waals surface area contributed by atoms with Gasteiger partial charge >= 0.3 is 12.1 Å². The summed E-state index contributed by atoms with van der Waals surface area (Å²) >= 11 is 0. The zero-order valence-electron chi connectivity index (χ0n) is 28.9. The third-order valence-corrected chi connectivity index (χ3v) is 9.28. The molecule has 1 fully saturated rings. The first-order chi connectivity index (χ1) is 21.2. The summed E-state index contributed by atoms with van der Waals surface area (Å²) < 4.78 is 57.6. The number of hydrogen-bond acceptors (Lipinski definition) is 9. The fraction of sp³-hybridized carbons (Fsp3) is 0.588. The number of carbonyl (C=O) groups is 2. The first-order valence-electron chi connectivity index (χ1n) is 15.4. The normalized spacial score (nSPS) is 18.5. The van der Waals surface area contributed by atoms with Crippen molar-refractivity contribution >= 4 is 22.1 Å². The Morgan fingerprint density at radius 1 is 0.957 bits per heavy atom. The quantitative estimate of drug-likeness (QED) is 0.265. The average molecular weight is 663 g/mol. The summed E-state index contributed by atoms with van der Waals surface area (Å²) in [5.41, 5.74) is -2.20. The third kappa shape index (κ3) is 9.13. The summed E-state index contributed by atoms with van der Waals surface area (Å²) in [5, 5.41) is 0. The van der Waals surface area contributed by atoms with Crippen molar-refractivity contribution in [2.75, 3.05) is 27.3 Å². The smallest absolute Gasteiger partial charge is 0.412 e. The Morgan fingerprint density at radius 3 is 2.02 bits per heavy atom. The number of esters is 1. The fourth-order valence-electron chi connectivity index (χ4n) is 5.41. The van der Waals surface area contributed by atoms with Crippen molar-refractivity contribution in [3.8, 4) is 11.5 Å². The third-order valence-electron chi connectivity index (χ3n) is 7.44. The van der Waals surface area contributed by atoms with Crippen molar-refractivity contribution in [1.29, 1.82) is 0 Å². The Morgan fingerprint density at radius 2 is 1.52 bits per heavy atom. The predicted octanol–water partition coefficient (Wildman–Crippen LogP) is 5.66. The Labute approximate surface area is 274 Å². The van der Waals surface area contributed by atoms with Gasteiger partial charge in [0, 0.05) is 13.1 Å². The molecule has 0 bridgehead atoms. The minimum atomic E-state index is -3.93. The topological polar surface area (TPSA) is 121 Å². The summed E-state index contributed by atoms with van der Waals surface area (Å²) in [4.78, 5) is 27.5. The first kappa shape index (κ1) is 37.1. The molecule has 256 valence electrons. The van der Waals surface area contributed by atoms with Gasteiger partial charge in [-0.15, -0.1) is 0 Å². The lowest BCUT2D eigenvalue weighted by atomic mass is 9.99. The predicted molar refractivity (Wildman–Crippen MR) is 174 cm³/mol. The maximum atomic E-state index is 14.0. The van der Waals surface area contributed by atoms with Crippen LogP contribution >= 0.6 is 0 Å². The first-order valence-corrected chi connectivity index (χ1v) is 16.8. The van der Waals surface area contributed by atoms with Crippen LogP contribution in [-0.4, -0.2) is 86.1 Å². The molecule has 2 aromatic rings. The zero-order chi connectivity index (χ0) is 34.7. The maximum absolute atomic E-state index is 14.0. The minimum Gasteiger partial charge on any atom is -0.497 e. The van der Waals surface area contributed by atoms with E-state index in [2.05, 4.69) is 0 Å². The highest BCUT2D eigenvalue weighted by molar-refractivity contribution is 7.89. The summed E-state index contributed by atoms with van der Waals surface area (Å²) in [5.74, 6) is 0.530. The molecule has 0 radical (unpaired) electrons. The van der Waals surface area contributed by atoms with Crippen LogP contribution < -0.4 is 9.47 Å². The lowest BCUT2D eigenvalue weighted by Crippen LogP contribution is -2.52. The molecular formula is C34H50N2O9S. The van der Waals surface area contributed by atoms with Crippen LogP contribution in [0.15, 0.2) is 53.4 Å². The molecule has 1 aliphatic rings. The van der Waals surface area contributed by atoms with E-state index in [1.807, 2.05) is 26.0 Å². The van der Waals surface area contributed by atoms with Crippen LogP contribution in [0.4, 0.5) is 4.79 Å². The monoisotopic (exact) mass is 662 g/mol. The minimum absolute atomic E-state index is 0.00838. The van der Waals surface area contributed by atoms with Crippen molar-refractivity contribution in [3.63, 3.8) is 0 Å². The number of benzene rings is 2. The van der Waals surface area contributed by atoms with Crippen molar-refractivity contribution in [3.05, 3.63) is 54.1 Å². The van der Waals surface area contributed by atoms with Gasteiger partial charge in [-0.2, -0.15) is 4.31 Å². The van der Waals surface area contributed by atoms with Gasteiger partial charge in [0.2, 0.25) is 10.0 Å². The molecule has 2 atom stereocenters. The number of carbonyl (C=O) groups excluding carboxylic acids is 2. The molecule has 0 unspecified atom stereocenters. The summed E-state index contributed by atoms with van der Waals surface area (Å²) in [6.07, 6.45) is -0.909. The van der Waals surface area contributed by atoms with Crippen molar-refractivity contribution in [2.24, 2.45) is 5.92 Å². The standard InChI is InChI=1S/C34H50N2O9S/c1-23(2)21-35(46(39,40)27-18-16-25(41-10)17-19-27)22-29-28(36(34(8,9)44-29)31(38)45-32(3,4)5)20-24-12-14-26(15-13-24)43-33(6,7)30(37)42-11/h12-19,23,28-29H,20-22H2,1-11H3/t28-,29+/m0/s1. The van der Waals surface area contributed by atoms with Crippen molar-refractivity contribution in [2.45, 2.75) is 103 Å². The summed E-state index contributed by atoms with van der Waals surface area (Å²) in [6.45, 7) is 16.3. The van der Waals surface area contributed by atoms with Crippen molar-refractivity contribution < 1.29 is 41.7 Å². The second kappa shape index (κ2) is 14.2. The molecular weight excluding hydrogens is 612 g/mol. The number of rotatable bonds is 12. The molecule has 0 saturated carbocycles. The Balaban J connectivity index is 2.00. The van der Waals surface area contributed by atoms with Crippen LogP contribution in [0, 0.1) is 5.92 Å². The Kier molecular flexibility index (Phi) is 11.4. The average Bonchev–Trinajstić information content (AvgIpc) is 3.20. The van der Waals surface area contributed by atoms with Gasteiger partial charge in [0.25, 0.3) is 0 Å². The number of hydrogen-bond donors (Lipinski definition) is 0. The largest absolute Gasteiger partial charge is 0.497 e. The van der Waals surface area contributed by atoms with Crippen LogP contribution in [0.2, 0.25) is 0 Å². The van der Waals surface area contributed by atoms with E-state index in [9.17, 15) is 18.0 Å². The summed E-state index contributed by atoms with van der Waals surface area (Å²) in [7, 11) is -1.11. The molecule has 11 nitrogen and oxygen atoms in total. The van der Waals surface area contributed by atoms with E-state index in [4.69, 9.17) is 23.7 Å². The molecule has 0 aromatic heterocycles. The van der Waals surface area contributed by atoms with Crippen LogP contribution in [0.5, 0.6) is 11.5 Å². The second-order valence-corrected chi connectivity index (χ2v) is 15.8. The van der Waals surface area contributed by atoms with Crippen LogP contribution in [0.25, 0.3) is 0 Å². The molecule has 1 heterocycles. The summed E-state index contributed by atoms with van der Waals surface area (Å²) in [6, 6.07) is 12.9. The van der Waals surface area contributed by atoms with E-state index in [1.165, 1.54) is 30.7 Å². The maximum Gasteiger partial charge on any atom is 0.412 e. The van der Waals surface area contributed by atoms with Crippen LogP contribution in [-0.2, 0) is 35.4 Å². The molecule has 0 N–H and O–H groups in total. The van der Waals surface area contributed by atoms with Gasteiger partial charge in [-0.25, -0.2) is 18.0 Å². The molecule has 1 aliphatic heterocycles. The SMILES string of the molecule is COC(=O)C(C)(C)Oc1ccc(C[C@H]2[C@@H](CN(CC(C)C)S(=O)(=O)c3ccc(OC)cc3)OC(C)(C)N2C(=O)OC(C)(C)C)cc1. The molecule has 1 saturated heterocycles. The van der Waals surface area contributed by atoms with Crippen molar-refractivity contribution in [1.82, 2.24) is 9.21 Å². The number of sulfonamides is 1. The lowest BCUT2D eigenvalue weighted by Gasteiger charge is -2.35. The number of ether oxygens (including phenoxy) is 5. The highest BCUT2D eigenvalue weighted by atomic mass is 32.2. The second-order valence-electron chi connectivity index (χ2n) is 13.9. The van der Waals surface area contributed by atoms with Crippen LogP contribution in [0.3, 0.4) is 0 Å². The van der Waals surface area contributed by atoms with E-state index in [0.29, 0.717) is 17.9 Å². The number of nitrogens with zero attached hydrogens (tertiary/aromatic N) is 2. The van der Waals surface area contributed by atoms with Gasteiger partial charge in [-0.1, -0.05) is 26.0 Å². The molecule has 0 aliphatic carbocycles. The van der Waals surface area contributed by atoms with Gasteiger partial charge in [-0.05, 0) is 103 Å². The van der Waals surface area contributed by atoms with Gasteiger partial charge in [0.15, 0.2) is 5.60 Å².